The molecule has 0 saturated carbocycles. The first-order chi connectivity index (χ1) is 17.5. The van der Waals surface area contributed by atoms with Crippen LogP contribution in [0, 0.1) is 13.8 Å². The summed E-state index contributed by atoms with van der Waals surface area (Å²) < 4.78 is 41.9. The number of hydrogen-bond donors (Lipinski definition) is 1. The number of benzene rings is 1. The molecule has 0 aliphatic carbocycles. The zero-order valence-corrected chi connectivity index (χ0v) is 20.2. The number of hydrogen-bond acceptors (Lipinski definition) is 5. The summed E-state index contributed by atoms with van der Waals surface area (Å²) in [5, 5.41) is 7.03. The number of amides is 1. The summed E-state index contributed by atoms with van der Waals surface area (Å²) in [5.41, 5.74) is 4.76. The highest BCUT2D eigenvalue weighted by Crippen LogP contribution is 2.29. The molecule has 12 heteroatoms. The smallest absolute Gasteiger partial charge is 0.345 e. The van der Waals surface area contributed by atoms with Crippen LogP contribution >= 0.6 is 0 Å². The van der Waals surface area contributed by atoms with E-state index in [9.17, 15) is 22.8 Å². The van der Waals surface area contributed by atoms with Gasteiger partial charge in [-0.05, 0) is 37.6 Å². The van der Waals surface area contributed by atoms with E-state index in [0.29, 0.717) is 22.4 Å². The Balaban J connectivity index is 1.56. The molecule has 5 aromatic rings. The van der Waals surface area contributed by atoms with Crippen LogP contribution in [0.2, 0.25) is 0 Å². The summed E-state index contributed by atoms with van der Waals surface area (Å²) in [6, 6.07) is 8.67. The number of alkyl halides is 3. The van der Waals surface area contributed by atoms with Gasteiger partial charge in [-0.3, -0.25) is 28.6 Å². The molecule has 0 bridgehead atoms. The van der Waals surface area contributed by atoms with E-state index < -0.39 is 30.9 Å². The van der Waals surface area contributed by atoms with Crippen molar-refractivity contribution in [1.82, 2.24) is 34.2 Å². The van der Waals surface area contributed by atoms with Crippen molar-refractivity contribution < 1.29 is 18.0 Å². The maximum absolute atomic E-state index is 13.4. The molecule has 1 aromatic carbocycles. The van der Waals surface area contributed by atoms with Gasteiger partial charge in [0.05, 0.1) is 46.0 Å². The average molecular weight is 509 g/mol. The molecule has 9 nitrogen and oxygen atoms in total. The van der Waals surface area contributed by atoms with Crippen molar-refractivity contribution in [2.24, 2.45) is 7.05 Å². The molecule has 0 unspecified atom stereocenters. The summed E-state index contributed by atoms with van der Waals surface area (Å²) in [6.07, 6.45) is 0.467. The van der Waals surface area contributed by atoms with E-state index >= 15 is 0 Å². The minimum Gasteiger partial charge on any atom is -0.345 e. The van der Waals surface area contributed by atoms with Crippen molar-refractivity contribution in [3.8, 4) is 16.9 Å². The predicted molar refractivity (Wildman–Crippen MR) is 131 cm³/mol. The van der Waals surface area contributed by atoms with Crippen molar-refractivity contribution in [3.05, 3.63) is 70.7 Å². The van der Waals surface area contributed by atoms with Gasteiger partial charge in [-0.25, -0.2) is 4.79 Å². The summed E-state index contributed by atoms with van der Waals surface area (Å²) in [6.45, 7) is 1.69. The monoisotopic (exact) mass is 509 g/mol. The number of halogens is 3. The van der Waals surface area contributed by atoms with Gasteiger partial charge >= 0.3 is 11.9 Å². The van der Waals surface area contributed by atoms with Gasteiger partial charge in [-0.1, -0.05) is 12.1 Å². The fourth-order valence-electron chi connectivity index (χ4n) is 4.50. The highest BCUT2D eigenvalue weighted by molar-refractivity contribution is 5.94. The van der Waals surface area contributed by atoms with Crippen molar-refractivity contribution >= 4 is 27.8 Å². The zero-order chi connectivity index (χ0) is 26.5. The van der Waals surface area contributed by atoms with Gasteiger partial charge in [0.1, 0.15) is 13.1 Å². The number of carbonyl (C=O) groups is 1. The van der Waals surface area contributed by atoms with E-state index in [-0.39, 0.29) is 0 Å². The predicted octanol–water partition coefficient (Wildman–Crippen LogP) is 3.43. The standard InChI is InChI=1S/C25H22F3N7O2/c1-14-5-4-6-20-22(14)35(24(37)34(20)12-21(36)31-13-25(26,27)28)16-7-8-19(30-9-16)17-10-29-15(2)23-18(17)11-32-33(23)3/h4-11H,12-13H2,1-3H3,(H,31,36). The topological polar surface area (TPSA) is 99.6 Å². The first kappa shape index (κ1) is 24.2. The molecule has 4 heterocycles. The molecule has 1 amide bonds. The van der Waals surface area contributed by atoms with Crippen LogP contribution in [-0.2, 0) is 18.4 Å². The number of rotatable bonds is 5. The molecule has 0 aliphatic heterocycles. The molecular weight excluding hydrogens is 487 g/mol. The Morgan fingerprint density at radius 1 is 1.03 bits per heavy atom. The molecule has 0 fully saturated rings. The molecule has 1 N–H and O–H groups in total. The molecule has 0 atom stereocenters. The van der Waals surface area contributed by atoms with Gasteiger partial charge in [0.15, 0.2) is 0 Å². The molecule has 0 saturated heterocycles. The van der Waals surface area contributed by atoms with Crippen molar-refractivity contribution in [3.63, 3.8) is 0 Å². The molecule has 5 rings (SSSR count). The summed E-state index contributed by atoms with van der Waals surface area (Å²) in [7, 11) is 1.84. The number of aromatic nitrogens is 6. The fourth-order valence-corrected chi connectivity index (χ4v) is 4.50. The van der Waals surface area contributed by atoms with Crippen LogP contribution in [0.3, 0.4) is 0 Å². The Morgan fingerprint density at radius 2 is 1.81 bits per heavy atom. The number of nitrogens with zero attached hydrogens (tertiary/aromatic N) is 6. The molecule has 4 aromatic heterocycles. The molecule has 0 spiro atoms. The number of fused-ring (bicyclic) bond motifs is 2. The first-order valence-corrected chi connectivity index (χ1v) is 11.3. The number of pyridine rings is 2. The highest BCUT2D eigenvalue weighted by atomic mass is 19.4. The molecule has 0 radical (unpaired) electrons. The van der Waals surface area contributed by atoms with Crippen LogP contribution in [0.5, 0.6) is 0 Å². The largest absolute Gasteiger partial charge is 0.405 e. The van der Waals surface area contributed by atoms with E-state index in [0.717, 1.165) is 32.3 Å². The lowest BCUT2D eigenvalue weighted by molar-refractivity contribution is -0.138. The van der Waals surface area contributed by atoms with Crippen LogP contribution in [-0.4, -0.2) is 47.5 Å². The number of aryl methyl sites for hydroxylation is 3. The fraction of sp³-hybridized carbons (Fsp3) is 0.240. The third kappa shape index (κ3) is 4.34. The average Bonchev–Trinajstić information content (AvgIpc) is 3.37. The van der Waals surface area contributed by atoms with E-state index in [1.165, 1.54) is 4.57 Å². The van der Waals surface area contributed by atoms with Gasteiger partial charge < -0.3 is 5.32 Å². The Labute approximate surface area is 208 Å². The highest BCUT2D eigenvalue weighted by Gasteiger charge is 2.28. The van der Waals surface area contributed by atoms with Crippen LogP contribution in [0.4, 0.5) is 13.2 Å². The van der Waals surface area contributed by atoms with E-state index in [2.05, 4.69) is 15.1 Å². The molecule has 37 heavy (non-hydrogen) atoms. The molecular formula is C25H22F3N7O2. The number of carbonyl (C=O) groups excluding carboxylic acids is 1. The Hall–Kier alpha value is -4.48. The van der Waals surface area contributed by atoms with Crippen molar-refractivity contribution in [1.29, 1.82) is 0 Å². The zero-order valence-electron chi connectivity index (χ0n) is 20.2. The number of imidazole rings is 1. The second-order valence-corrected chi connectivity index (χ2v) is 8.73. The van der Waals surface area contributed by atoms with Crippen LogP contribution in [0.25, 0.3) is 38.9 Å². The lowest BCUT2D eigenvalue weighted by atomic mass is 10.1. The van der Waals surface area contributed by atoms with Crippen LogP contribution in [0.15, 0.2) is 53.7 Å². The van der Waals surface area contributed by atoms with Gasteiger partial charge in [0.2, 0.25) is 5.91 Å². The van der Waals surface area contributed by atoms with E-state index in [1.54, 1.807) is 47.5 Å². The third-order valence-corrected chi connectivity index (χ3v) is 6.18. The Morgan fingerprint density at radius 3 is 2.51 bits per heavy atom. The van der Waals surface area contributed by atoms with Gasteiger partial charge in [-0.15, -0.1) is 0 Å². The van der Waals surface area contributed by atoms with Crippen molar-refractivity contribution in [2.75, 3.05) is 6.54 Å². The number of nitrogens with one attached hydrogen (secondary N) is 1. The number of para-hydroxylation sites is 1. The Bertz CT molecular complexity index is 1710. The molecule has 0 aliphatic rings. The lowest BCUT2D eigenvalue weighted by Gasteiger charge is -2.08. The van der Waals surface area contributed by atoms with Gasteiger partial charge in [-0.2, -0.15) is 18.3 Å². The first-order valence-electron chi connectivity index (χ1n) is 11.3. The third-order valence-electron chi connectivity index (χ3n) is 6.18. The SMILES string of the molecule is Cc1ncc(-c2ccc(-n3c(=O)n(CC(=O)NCC(F)(F)F)c4cccc(C)c43)cn2)c2cnn(C)c12. The Kier molecular flexibility index (Phi) is 5.81. The van der Waals surface area contributed by atoms with Crippen molar-refractivity contribution in [2.45, 2.75) is 26.6 Å². The van der Waals surface area contributed by atoms with Gasteiger partial charge in [0, 0.05) is 24.2 Å². The quantitative estimate of drug-likeness (QED) is 0.391. The summed E-state index contributed by atoms with van der Waals surface area (Å²) in [5.74, 6) is -0.916. The van der Waals surface area contributed by atoms with E-state index in [1.807, 2.05) is 32.3 Å². The summed E-state index contributed by atoms with van der Waals surface area (Å²) >= 11 is 0. The van der Waals surface area contributed by atoms with Crippen LogP contribution in [0.1, 0.15) is 11.3 Å². The van der Waals surface area contributed by atoms with Crippen LogP contribution < -0.4 is 11.0 Å². The maximum Gasteiger partial charge on any atom is 0.405 e. The normalized spacial score (nSPS) is 11.9. The van der Waals surface area contributed by atoms with E-state index in [4.69, 9.17) is 0 Å². The second-order valence-electron chi connectivity index (χ2n) is 8.73. The minimum atomic E-state index is -4.55. The summed E-state index contributed by atoms with van der Waals surface area (Å²) in [4.78, 5) is 34.7. The lowest BCUT2D eigenvalue weighted by Crippen LogP contribution is -2.37. The molecule has 190 valence electrons. The second kappa shape index (κ2) is 8.87. The minimum absolute atomic E-state index is 0.427. The van der Waals surface area contributed by atoms with Gasteiger partial charge in [0.25, 0.3) is 0 Å². The maximum atomic E-state index is 13.4.